The van der Waals surface area contributed by atoms with Gasteiger partial charge in [0.1, 0.15) is 0 Å². The number of aliphatic carboxylic acids is 1. The molecule has 110 valence electrons. The van der Waals surface area contributed by atoms with Crippen molar-refractivity contribution in [3.8, 4) is 0 Å². The molecule has 0 aliphatic carbocycles. The fraction of sp³-hybridized carbons (Fsp3) is 0.588. The van der Waals surface area contributed by atoms with Gasteiger partial charge in [-0.05, 0) is 51.8 Å². The second kappa shape index (κ2) is 5.96. The van der Waals surface area contributed by atoms with Gasteiger partial charge in [0.15, 0.2) is 0 Å². The van der Waals surface area contributed by atoms with Crippen molar-refractivity contribution in [3.05, 3.63) is 35.4 Å². The van der Waals surface area contributed by atoms with Crippen LogP contribution >= 0.6 is 0 Å². The Morgan fingerprint density at radius 1 is 1.30 bits per heavy atom. The lowest BCUT2D eigenvalue weighted by atomic mass is 9.72. The van der Waals surface area contributed by atoms with Crippen LogP contribution < -0.4 is 0 Å². The molecular weight excluding hydrogens is 250 g/mol. The van der Waals surface area contributed by atoms with E-state index in [0.29, 0.717) is 18.9 Å². The van der Waals surface area contributed by atoms with E-state index in [4.69, 9.17) is 0 Å². The van der Waals surface area contributed by atoms with Gasteiger partial charge in [-0.25, -0.2) is 0 Å². The molecule has 20 heavy (non-hydrogen) atoms. The average Bonchev–Trinajstić information content (AvgIpc) is 2.47. The number of aryl methyl sites for hydroxylation is 1. The summed E-state index contributed by atoms with van der Waals surface area (Å²) >= 11 is 0. The van der Waals surface area contributed by atoms with E-state index >= 15 is 0 Å². The summed E-state index contributed by atoms with van der Waals surface area (Å²) in [6.07, 6.45) is 2.52. The summed E-state index contributed by atoms with van der Waals surface area (Å²) in [7, 11) is 0. The molecule has 1 aliphatic heterocycles. The molecule has 1 aliphatic rings. The summed E-state index contributed by atoms with van der Waals surface area (Å²) < 4.78 is 0. The van der Waals surface area contributed by atoms with Crippen LogP contribution in [0.5, 0.6) is 0 Å². The van der Waals surface area contributed by atoms with E-state index in [0.717, 1.165) is 25.1 Å². The lowest BCUT2D eigenvalue weighted by Crippen LogP contribution is -2.49. The molecule has 1 atom stereocenters. The number of nitrogens with zero attached hydrogens (tertiary/aromatic N) is 1. The maximum atomic E-state index is 11.9. The molecular formula is C17H25NO2. The normalized spacial score (nSPS) is 20.6. The fourth-order valence-electron chi connectivity index (χ4n) is 3.10. The van der Waals surface area contributed by atoms with E-state index in [1.165, 1.54) is 5.56 Å². The molecule has 0 spiro atoms. The molecule has 0 bridgehead atoms. The molecule has 1 unspecified atom stereocenters. The van der Waals surface area contributed by atoms with Crippen molar-refractivity contribution >= 4 is 5.97 Å². The third-order valence-electron chi connectivity index (χ3n) is 4.88. The van der Waals surface area contributed by atoms with Gasteiger partial charge >= 0.3 is 5.97 Å². The number of piperidine rings is 1. The number of likely N-dealkylation sites (tertiary alicyclic amines) is 1. The first-order chi connectivity index (χ1) is 9.49. The van der Waals surface area contributed by atoms with E-state index in [-0.39, 0.29) is 0 Å². The molecule has 0 saturated carbocycles. The zero-order valence-corrected chi connectivity index (χ0v) is 12.7. The summed E-state index contributed by atoms with van der Waals surface area (Å²) in [5, 5.41) is 9.78. The Balaban J connectivity index is 2.21. The van der Waals surface area contributed by atoms with Gasteiger partial charge in [0.25, 0.3) is 0 Å². The maximum Gasteiger partial charge on any atom is 0.314 e. The molecule has 2 rings (SSSR count). The predicted molar refractivity (Wildman–Crippen MR) is 81.1 cm³/mol. The van der Waals surface area contributed by atoms with E-state index in [2.05, 4.69) is 18.7 Å². The van der Waals surface area contributed by atoms with E-state index < -0.39 is 11.4 Å². The van der Waals surface area contributed by atoms with Crippen molar-refractivity contribution in [1.82, 2.24) is 4.90 Å². The number of carboxylic acid groups (broad SMARTS) is 1. The van der Waals surface area contributed by atoms with Crippen molar-refractivity contribution in [1.29, 1.82) is 0 Å². The minimum atomic E-state index is -0.697. The number of benzene rings is 1. The first kappa shape index (κ1) is 15.0. The number of carbonyl (C=O) groups is 1. The molecule has 1 aromatic carbocycles. The number of hydrogen-bond donors (Lipinski definition) is 1. The molecule has 1 aromatic rings. The quantitative estimate of drug-likeness (QED) is 0.917. The van der Waals surface area contributed by atoms with Crippen molar-refractivity contribution in [2.24, 2.45) is 0 Å². The zero-order chi connectivity index (χ0) is 14.8. The topological polar surface area (TPSA) is 40.5 Å². The summed E-state index contributed by atoms with van der Waals surface area (Å²) in [6, 6.07) is 8.55. The van der Waals surface area contributed by atoms with Crippen molar-refractivity contribution in [2.45, 2.75) is 51.5 Å². The highest BCUT2D eigenvalue weighted by molar-refractivity contribution is 5.81. The van der Waals surface area contributed by atoms with Crippen LogP contribution in [0.3, 0.4) is 0 Å². The lowest BCUT2D eigenvalue weighted by molar-refractivity contribution is -0.146. The Kier molecular flexibility index (Phi) is 4.48. The minimum absolute atomic E-state index is 0.541. The van der Waals surface area contributed by atoms with Crippen molar-refractivity contribution < 1.29 is 9.90 Å². The van der Waals surface area contributed by atoms with Gasteiger partial charge in [-0.3, -0.25) is 4.79 Å². The van der Waals surface area contributed by atoms with E-state index in [1.54, 1.807) is 0 Å². The van der Waals surface area contributed by atoms with Crippen LogP contribution in [0, 0.1) is 6.92 Å². The monoisotopic (exact) mass is 275 g/mol. The van der Waals surface area contributed by atoms with Gasteiger partial charge in [-0.15, -0.1) is 0 Å². The Morgan fingerprint density at radius 2 is 1.85 bits per heavy atom. The first-order valence-corrected chi connectivity index (χ1v) is 7.54. The van der Waals surface area contributed by atoms with Crippen LogP contribution in [-0.4, -0.2) is 35.1 Å². The molecule has 3 nitrogen and oxygen atoms in total. The smallest absolute Gasteiger partial charge is 0.314 e. The van der Waals surface area contributed by atoms with Crippen molar-refractivity contribution in [2.75, 3.05) is 13.1 Å². The van der Waals surface area contributed by atoms with Crippen LogP contribution in [-0.2, 0) is 10.2 Å². The molecule has 0 aromatic heterocycles. The maximum absolute atomic E-state index is 11.9. The van der Waals surface area contributed by atoms with Gasteiger partial charge in [0.2, 0.25) is 0 Å². The Hall–Kier alpha value is -1.35. The van der Waals surface area contributed by atoms with Gasteiger partial charge in [-0.2, -0.15) is 0 Å². The highest BCUT2D eigenvalue weighted by Crippen LogP contribution is 2.36. The van der Waals surface area contributed by atoms with Crippen molar-refractivity contribution in [3.63, 3.8) is 0 Å². The Morgan fingerprint density at radius 3 is 2.30 bits per heavy atom. The van der Waals surface area contributed by atoms with Crippen LogP contribution in [0.1, 0.15) is 44.2 Å². The number of carboxylic acids is 1. The van der Waals surface area contributed by atoms with E-state index in [9.17, 15) is 9.90 Å². The third-order valence-corrected chi connectivity index (χ3v) is 4.88. The van der Waals surface area contributed by atoms with Crippen LogP contribution in [0.25, 0.3) is 0 Å². The Bertz CT molecular complexity index is 458. The molecule has 0 amide bonds. The predicted octanol–water partition coefficient (Wildman–Crippen LogP) is 3.21. The zero-order valence-electron chi connectivity index (χ0n) is 12.7. The molecule has 1 heterocycles. The van der Waals surface area contributed by atoms with E-state index in [1.807, 2.05) is 31.2 Å². The largest absolute Gasteiger partial charge is 0.481 e. The summed E-state index contributed by atoms with van der Waals surface area (Å²) in [5.41, 5.74) is 1.43. The molecule has 1 N–H and O–H groups in total. The molecule has 0 radical (unpaired) electrons. The highest BCUT2D eigenvalue weighted by atomic mass is 16.4. The highest BCUT2D eigenvalue weighted by Gasteiger charge is 2.43. The molecule has 1 saturated heterocycles. The SMILES string of the molecule is CCC(C)N1CCC(C(=O)O)(c2ccc(C)cc2)CC1. The number of hydrogen-bond acceptors (Lipinski definition) is 2. The Labute approximate surface area is 121 Å². The summed E-state index contributed by atoms with van der Waals surface area (Å²) in [5.74, 6) is -0.676. The summed E-state index contributed by atoms with van der Waals surface area (Å²) in [6.45, 7) is 8.18. The molecule has 1 fully saturated rings. The second-order valence-electron chi connectivity index (χ2n) is 6.05. The van der Waals surface area contributed by atoms with Gasteiger partial charge < -0.3 is 10.0 Å². The van der Waals surface area contributed by atoms with Crippen LogP contribution in [0.15, 0.2) is 24.3 Å². The van der Waals surface area contributed by atoms with Gasteiger partial charge in [0.05, 0.1) is 5.41 Å². The fourth-order valence-corrected chi connectivity index (χ4v) is 3.10. The molecule has 3 heteroatoms. The van der Waals surface area contributed by atoms with Crippen LogP contribution in [0.4, 0.5) is 0 Å². The summed E-state index contributed by atoms with van der Waals surface area (Å²) in [4.78, 5) is 14.3. The first-order valence-electron chi connectivity index (χ1n) is 7.54. The number of rotatable bonds is 4. The second-order valence-corrected chi connectivity index (χ2v) is 6.05. The van der Waals surface area contributed by atoms with Crippen LogP contribution in [0.2, 0.25) is 0 Å². The average molecular weight is 275 g/mol. The third kappa shape index (κ3) is 2.73. The lowest BCUT2D eigenvalue weighted by Gasteiger charge is -2.41. The standard InChI is InChI=1S/C17H25NO2/c1-4-14(3)18-11-9-17(10-12-18,16(19)20)15-7-5-13(2)6-8-15/h5-8,14H,4,9-12H2,1-3H3,(H,19,20). The minimum Gasteiger partial charge on any atom is -0.481 e. The van der Waals surface area contributed by atoms with Gasteiger partial charge in [-0.1, -0.05) is 36.8 Å². The van der Waals surface area contributed by atoms with Gasteiger partial charge in [0, 0.05) is 6.04 Å².